The van der Waals surface area contributed by atoms with E-state index in [0.29, 0.717) is 19.6 Å². The first-order valence-electron chi connectivity index (χ1n) is 10.4. The van der Waals surface area contributed by atoms with Crippen LogP contribution in [-0.2, 0) is 22.4 Å². The van der Waals surface area contributed by atoms with Crippen molar-refractivity contribution >= 4 is 16.8 Å². The Morgan fingerprint density at radius 2 is 1.90 bits per heavy atom. The van der Waals surface area contributed by atoms with Crippen LogP contribution in [0.4, 0.5) is 0 Å². The Hall–Kier alpha value is -2.72. The molecule has 29 heavy (non-hydrogen) atoms. The van der Waals surface area contributed by atoms with E-state index in [-0.39, 0.29) is 17.9 Å². The van der Waals surface area contributed by atoms with Gasteiger partial charge in [-0.3, -0.25) is 9.78 Å². The molecule has 2 heterocycles. The molecule has 0 saturated carbocycles. The number of pyridine rings is 1. The van der Waals surface area contributed by atoms with Gasteiger partial charge in [0.15, 0.2) is 0 Å². The molecule has 4 nitrogen and oxygen atoms in total. The van der Waals surface area contributed by atoms with Crippen LogP contribution in [0.5, 0.6) is 0 Å². The summed E-state index contributed by atoms with van der Waals surface area (Å²) in [7, 11) is 0. The monoisotopic (exact) mass is 388 g/mol. The summed E-state index contributed by atoms with van der Waals surface area (Å²) in [6.07, 6.45) is 4.02. The molecule has 2 aromatic carbocycles. The zero-order chi connectivity index (χ0) is 20.2. The topological polar surface area (TPSA) is 51.2 Å². The van der Waals surface area contributed by atoms with Crippen molar-refractivity contribution in [3.8, 4) is 0 Å². The smallest absolute Gasteiger partial charge is 0.220 e. The van der Waals surface area contributed by atoms with Gasteiger partial charge in [0.25, 0.3) is 0 Å². The number of amides is 1. The van der Waals surface area contributed by atoms with Crippen molar-refractivity contribution in [2.24, 2.45) is 5.92 Å². The fourth-order valence-corrected chi connectivity index (χ4v) is 4.33. The number of aromatic nitrogens is 1. The van der Waals surface area contributed by atoms with Crippen LogP contribution in [-0.4, -0.2) is 30.1 Å². The molecule has 1 fully saturated rings. The van der Waals surface area contributed by atoms with Crippen LogP contribution in [0.15, 0.2) is 54.7 Å². The van der Waals surface area contributed by atoms with E-state index in [4.69, 9.17) is 4.74 Å². The molecule has 0 unspecified atom stereocenters. The average Bonchev–Trinajstić information content (AvgIpc) is 3.12. The summed E-state index contributed by atoms with van der Waals surface area (Å²) in [6, 6.07) is 16.8. The van der Waals surface area contributed by atoms with Crippen LogP contribution in [0.3, 0.4) is 0 Å². The maximum Gasteiger partial charge on any atom is 0.220 e. The summed E-state index contributed by atoms with van der Waals surface area (Å²) in [6.45, 7) is 5.46. The molecule has 0 aliphatic carbocycles. The molecule has 1 amide bonds. The lowest BCUT2D eigenvalue weighted by molar-refractivity contribution is -0.122. The van der Waals surface area contributed by atoms with Crippen LogP contribution in [0.2, 0.25) is 0 Å². The van der Waals surface area contributed by atoms with Gasteiger partial charge >= 0.3 is 0 Å². The van der Waals surface area contributed by atoms with Crippen LogP contribution in [0.25, 0.3) is 10.9 Å². The Morgan fingerprint density at radius 1 is 1.10 bits per heavy atom. The van der Waals surface area contributed by atoms with E-state index in [1.165, 1.54) is 27.6 Å². The number of carbonyl (C=O) groups is 1. The largest absolute Gasteiger partial charge is 0.379 e. The first-order chi connectivity index (χ1) is 14.1. The van der Waals surface area contributed by atoms with E-state index < -0.39 is 0 Å². The number of ether oxygens (including phenoxy) is 1. The molecule has 1 saturated heterocycles. The summed E-state index contributed by atoms with van der Waals surface area (Å²) in [4.78, 5) is 17.0. The molecule has 0 spiro atoms. The van der Waals surface area contributed by atoms with Crippen molar-refractivity contribution in [3.63, 3.8) is 0 Å². The van der Waals surface area contributed by atoms with Crippen LogP contribution in [0.1, 0.15) is 28.7 Å². The molecule has 1 aromatic heterocycles. The van der Waals surface area contributed by atoms with Gasteiger partial charge in [0.1, 0.15) is 0 Å². The fourth-order valence-electron chi connectivity index (χ4n) is 4.33. The van der Waals surface area contributed by atoms with Gasteiger partial charge in [0.2, 0.25) is 5.91 Å². The maximum atomic E-state index is 12.6. The molecule has 0 bridgehead atoms. The van der Waals surface area contributed by atoms with Gasteiger partial charge in [-0.2, -0.15) is 0 Å². The fraction of sp³-hybridized carbons (Fsp3) is 0.360. The van der Waals surface area contributed by atoms with Gasteiger partial charge in [0.05, 0.1) is 24.8 Å². The lowest BCUT2D eigenvalue weighted by atomic mass is 9.93. The minimum absolute atomic E-state index is 0.0636. The minimum Gasteiger partial charge on any atom is -0.379 e. The van der Waals surface area contributed by atoms with E-state index in [0.717, 1.165) is 18.4 Å². The summed E-state index contributed by atoms with van der Waals surface area (Å²) in [5.74, 6) is 0.384. The van der Waals surface area contributed by atoms with Crippen molar-refractivity contribution in [2.45, 2.75) is 39.2 Å². The van der Waals surface area contributed by atoms with Gasteiger partial charge < -0.3 is 10.1 Å². The van der Waals surface area contributed by atoms with Crippen LogP contribution < -0.4 is 5.32 Å². The number of carbonyl (C=O) groups excluding carboxylic acids is 1. The van der Waals surface area contributed by atoms with Gasteiger partial charge in [-0.25, -0.2) is 0 Å². The molecule has 1 N–H and O–H groups in total. The van der Waals surface area contributed by atoms with E-state index >= 15 is 0 Å². The van der Waals surface area contributed by atoms with Crippen molar-refractivity contribution in [2.75, 3.05) is 13.2 Å². The highest BCUT2D eigenvalue weighted by Crippen LogP contribution is 2.24. The van der Waals surface area contributed by atoms with Gasteiger partial charge in [-0.05, 0) is 49.9 Å². The third-order valence-corrected chi connectivity index (χ3v) is 5.69. The van der Waals surface area contributed by atoms with E-state index in [9.17, 15) is 4.79 Å². The summed E-state index contributed by atoms with van der Waals surface area (Å²) < 4.78 is 5.72. The van der Waals surface area contributed by atoms with E-state index in [1.807, 2.05) is 24.4 Å². The number of fused-ring (bicyclic) bond motifs is 1. The molecule has 0 radical (unpaired) electrons. The number of benzene rings is 2. The quantitative estimate of drug-likeness (QED) is 0.690. The van der Waals surface area contributed by atoms with Gasteiger partial charge in [-0.1, -0.05) is 47.5 Å². The van der Waals surface area contributed by atoms with Gasteiger partial charge in [0, 0.05) is 23.9 Å². The summed E-state index contributed by atoms with van der Waals surface area (Å²) in [5, 5.41) is 4.40. The van der Waals surface area contributed by atoms with Crippen molar-refractivity contribution in [1.82, 2.24) is 10.3 Å². The third kappa shape index (κ3) is 4.83. The number of nitrogens with one attached hydrogen (secondary N) is 1. The molecular weight excluding hydrogens is 360 g/mol. The minimum atomic E-state index is 0.0636. The highest BCUT2D eigenvalue weighted by Gasteiger charge is 2.30. The number of hydrogen-bond acceptors (Lipinski definition) is 3. The predicted molar refractivity (Wildman–Crippen MR) is 116 cm³/mol. The summed E-state index contributed by atoms with van der Waals surface area (Å²) in [5.41, 5.74) is 5.99. The van der Waals surface area contributed by atoms with E-state index in [1.54, 1.807) is 0 Å². The Balaban J connectivity index is 1.37. The SMILES string of the molecule is Cc1cc(C)cc(CCC(=O)N[C@H]2COC[C@H]2Cc2ccnc3ccccc23)c1. The molecule has 1 aliphatic heterocycles. The Bertz CT molecular complexity index is 989. The Morgan fingerprint density at radius 3 is 2.72 bits per heavy atom. The number of rotatable bonds is 6. The van der Waals surface area contributed by atoms with Crippen LogP contribution in [0, 0.1) is 19.8 Å². The highest BCUT2D eigenvalue weighted by atomic mass is 16.5. The highest BCUT2D eigenvalue weighted by molar-refractivity contribution is 5.82. The first kappa shape index (κ1) is 19.6. The van der Waals surface area contributed by atoms with Crippen LogP contribution >= 0.6 is 0 Å². The standard InChI is InChI=1S/C25H28N2O2/c1-17-11-18(2)13-19(12-17)7-8-25(28)27-24-16-29-15-21(24)14-20-9-10-26-23-6-4-3-5-22(20)23/h3-6,9-13,21,24H,7-8,14-16H2,1-2H3,(H,27,28)/t21-,24+/m1/s1. The Labute approximate surface area is 172 Å². The second-order valence-electron chi connectivity index (χ2n) is 8.16. The van der Waals surface area contributed by atoms with Crippen molar-refractivity contribution in [3.05, 3.63) is 77.0 Å². The zero-order valence-electron chi connectivity index (χ0n) is 17.2. The molecule has 1 aliphatic rings. The predicted octanol–water partition coefficient (Wildman–Crippen LogP) is 4.16. The zero-order valence-corrected chi connectivity index (χ0v) is 17.2. The second kappa shape index (κ2) is 8.75. The second-order valence-corrected chi connectivity index (χ2v) is 8.16. The number of para-hydroxylation sites is 1. The Kier molecular flexibility index (Phi) is 5.91. The molecule has 2 atom stereocenters. The van der Waals surface area contributed by atoms with Gasteiger partial charge in [-0.15, -0.1) is 0 Å². The first-order valence-corrected chi connectivity index (χ1v) is 10.4. The summed E-state index contributed by atoms with van der Waals surface area (Å²) >= 11 is 0. The molecular formula is C25H28N2O2. The average molecular weight is 389 g/mol. The maximum absolute atomic E-state index is 12.6. The van der Waals surface area contributed by atoms with Crippen molar-refractivity contribution in [1.29, 1.82) is 0 Å². The number of hydrogen-bond donors (Lipinski definition) is 1. The number of aryl methyl sites for hydroxylation is 3. The van der Waals surface area contributed by atoms with Crippen molar-refractivity contribution < 1.29 is 9.53 Å². The molecule has 4 heteroatoms. The normalized spacial score (nSPS) is 18.8. The third-order valence-electron chi connectivity index (χ3n) is 5.69. The lowest BCUT2D eigenvalue weighted by Crippen LogP contribution is -2.40. The molecule has 150 valence electrons. The number of nitrogens with zero attached hydrogens (tertiary/aromatic N) is 1. The van der Waals surface area contributed by atoms with E-state index in [2.05, 4.69) is 54.5 Å². The molecule has 4 rings (SSSR count). The lowest BCUT2D eigenvalue weighted by Gasteiger charge is -2.20. The molecule has 3 aromatic rings.